The molecule has 3 fully saturated rings. The van der Waals surface area contributed by atoms with Gasteiger partial charge in [0.05, 0.1) is 17.7 Å². The molecule has 2 aliphatic heterocycles. The topological polar surface area (TPSA) is 76.3 Å². The van der Waals surface area contributed by atoms with E-state index in [1.165, 1.54) is 0 Å². The molecule has 1 aliphatic carbocycles. The van der Waals surface area contributed by atoms with E-state index in [0.717, 1.165) is 25.1 Å². The zero-order valence-corrected chi connectivity index (χ0v) is 16.0. The van der Waals surface area contributed by atoms with E-state index >= 15 is 0 Å². The van der Waals surface area contributed by atoms with Crippen LogP contribution in [0.4, 0.5) is 4.39 Å². The van der Waals surface area contributed by atoms with Crippen molar-refractivity contribution in [3.05, 3.63) is 49.1 Å². The fourth-order valence-electron chi connectivity index (χ4n) is 4.49. The predicted molar refractivity (Wildman–Crippen MR) is 105 cm³/mol. The Hall–Kier alpha value is -3.00. The van der Waals surface area contributed by atoms with E-state index in [1.807, 2.05) is 13.1 Å². The third-order valence-electron chi connectivity index (χ3n) is 6.02. The minimum absolute atomic E-state index is 0.0804. The Morgan fingerprint density at radius 3 is 2.72 bits per heavy atom. The molecule has 1 saturated carbocycles. The molecule has 0 spiro atoms. The fraction of sp³-hybridized carbons (Fsp3) is 0.381. The minimum atomic E-state index is -1.02. The molecular weight excluding hydrogens is 373 g/mol. The Morgan fingerprint density at radius 2 is 2.07 bits per heavy atom. The second-order valence-electron chi connectivity index (χ2n) is 7.80. The number of nitrogens with zero attached hydrogens (tertiary/aromatic N) is 5. The summed E-state index contributed by atoms with van der Waals surface area (Å²) in [7, 11) is 1.97. The van der Waals surface area contributed by atoms with E-state index in [0.29, 0.717) is 17.1 Å². The maximum atomic E-state index is 14.8. The highest BCUT2D eigenvalue weighted by molar-refractivity contribution is 5.68. The lowest BCUT2D eigenvalue weighted by molar-refractivity contribution is -0.0891. The molecule has 0 radical (unpaired) electrons. The number of hydrogen-bond acceptors (Lipinski definition) is 6. The number of phenolic OH excluding ortho intramolecular Hbond substituents is 1. The van der Waals surface area contributed by atoms with Crippen molar-refractivity contribution < 1.29 is 14.2 Å². The molecule has 6 rings (SSSR count). The number of aromatic hydroxyl groups is 1. The number of benzene rings is 1. The second-order valence-corrected chi connectivity index (χ2v) is 7.80. The third-order valence-corrected chi connectivity index (χ3v) is 6.02. The molecule has 8 heteroatoms. The highest BCUT2D eigenvalue weighted by Gasteiger charge is 2.48. The van der Waals surface area contributed by atoms with E-state index in [4.69, 9.17) is 4.74 Å². The van der Waals surface area contributed by atoms with Gasteiger partial charge in [0.1, 0.15) is 11.9 Å². The number of hydrogen-bond donors (Lipinski definition) is 1. The first-order valence-electron chi connectivity index (χ1n) is 9.76. The van der Waals surface area contributed by atoms with Crippen LogP contribution >= 0.6 is 0 Å². The van der Waals surface area contributed by atoms with Crippen molar-refractivity contribution in [2.45, 2.75) is 31.2 Å². The summed E-state index contributed by atoms with van der Waals surface area (Å²) in [6.45, 7) is 0.846. The largest absolute Gasteiger partial charge is 0.507 e. The van der Waals surface area contributed by atoms with E-state index in [2.05, 4.69) is 20.1 Å². The molecule has 29 heavy (non-hydrogen) atoms. The summed E-state index contributed by atoms with van der Waals surface area (Å²) in [5.41, 5.74) is 1.88. The molecule has 150 valence electrons. The summed E-state index contributed by atoms with van der Waals surface area (Å²) >= 11 is 0. The predicted octanol–water partition coefficient (Wildman–Crippen LogP) is 2.84. The van der Waals surface area contributed by atoms with Crippen molar-refractivity contribution in [1.29, 1.82) is 0 Å². The number of imidazole rings is 1. The number of halogens is 1. The van der Waals surface area contributed by atoms with Gasteiger partial charge in [0, 0.05) is 48.6 Å². The Labute approximate surface area is 167 Å². The number of fused-ring (bicyclic) bond motifs is 3. The molecule has 2 unspecified atom stereocenters. The maximum Gasteiger partial charge on any atom is 0.233 e. The van der Waals surface area contributed by atoms with Gasteiger partial charge in [-0.05, 0) is 38.1 Å². The Balaban J connectivity index is 1.33. The zero-order chi connectivity index (χ0) is 20.0. The Bertz CT molecular complexity index is 993. The van der Waals surface area contributed by atoms with Gasteiger partial charge in [-0.3, -0.25) is 4.90 Å². The molecule has 2 aromatic heterocycles. The molecule has 7 nitrogen and oxygen atoms in total. The quantitative estimate of drug-likeness (QED) is 0.732. The van der Waals surface area contributed by atoms with Crippen molar-refractivity contribution in [3.63, 3.8) is 0 Å². The standard InChI is InChI=1S/C21H22FN5O2/c1-26-11-13-2-6-17(26)20(22)21(13)29-19-7-5-16(24-25-19)15-4-3-14(10-18(15)28)27-9-8-23-12-27/h3-5,7-10,12-13,17,20-21,28H,2,6,11H2,1H3/t13?,17?,20-,21+/m0/s1. The van der Waals surface area contributed by atoms with Gasteiger partial charge >= 0.3 is 0 Å². The molecule has 3 aliphatic rings. The summed E-state index contributed by atoms with van der Waals surface area (Å²) in [4.78, 5) is 6.09. The fourth-order valence-corrected chi connectivity index (χ4v) is 4.49. The SMILES string of the molecule is CN1CC2CCC1[C@H](F)[C@@H]2Oc1ccc(-c2ccc(-n3ccnc3)cc2O)nn1. The second kappa shape index (κ2) is 7.11. The Kier molecular flexibility index (Phi) is 4.43. The first-order valence-corrected chi connectivity index (χ1v) is 9.76. The van der Waals surface area contributed by atoms with E-state index < -0.39 is 12.3 Å². The molecule has 1 N–H and O–H groups in total. The van der Waals surface area contributed by atoms with Crippen molar-refractivity contribution in [2.24, 2.45) is 5.92 Å². The molecular formula is C21H22FN5O2. The molecule has 0 amide bonds. The summed E-state index contributed by atoms with van der Waals surface area (Å²) in [6, 6.07) is 8.63. The lowest BCUT2D eigenvalue weighted by Crippen LogP contribution is -2.61. The van der Waals surface area contributed by atoms with Crippen LogP contribution in [0.1, 0.15) is 12.8 Å². The van der Waals surface area contributed by atoms with Crippen molar-refractivity contribution in [1.82, 2.24) is 24.6 Å². The average molecular weight is 395 g/mol. The van der Waals surface area contributed by atoms with Crippen LogP contribution in [0.15, 0.2) is 49.1 Å². The van der Waals surface area contributed by atoms with Crippen LogP contribution in [0.25, 0.3) is 16.9 Å². The minimum Gasteiger partial charge on any atom is -0.507 e. The van der Waals surface area contributed by atoms with Crippen molar-refractivity contribution >= 4 is 0 Å². The summed E-state index contributed by atoms with van der Waals surface area (Å²) in [5.74, 6) is 0.572. The van der Waals surface area contributed by atoms with Crippen molar-refractivity contribution in [3.8, 4) is 28.6 Å². The van der Waals surface area contributed by atoms with Crippen LogP contribution in [-0.4, -0.2) is 61.7 Å². The first kappa shape index (κ1) is 18.1. The number of alkyl halides is 1. The van der Waals surface area contributed by atoms with Gasteiger partial charge in [-0.25, -0.2) is 9.37 Å². The van der Waals surface area contributed by atoms with Gasteiger partial charge in [-0.1, -0.05) is 0 Å². The number of piperidine rings is 2. The molecule has 2 bridgehead atoms. The molecule has 4 heterocycles. The third kappa shape index (κ3) is 3.23. The molecule has 2 saturated heterocycles. The van der Waals surface area contributed by atoms with E-state index in [1.54, 1.807) is 47.6 Å². The number of phenols is 1. The first-order chi connectivity index (χ1) is 14.1. The van der Waals surface area contributed by atoms with Gasteiger partial charge < -0.3 is 14.4 Å². The zero-order valence-electron chi connectivity index (χ0n) is 16.0. The molecule has 3 aromatic rings. The number of rotatable bonds is 4. The number of aromatic nitrogens is 4. The van der Waals surface area contributed by atoms with Crippen LogP contribution < -0.4 is 4.74 Å². The van der Waals surface area contributed by atoms with Crippen molar-refractivity contribution in [2.75, 3.05) is 13.6 Å². The average Bonchev–Trinajstić information content (AvgIpc) is 3.26. The maximum absolute atomic E-state index is 14.8. The van der Waals surface area contributed by atoms with Gasteiger partial charge in [0.2, 0.25) is 5.88 Å². The highest BCUT2D eigenvalue weighted by atomic mass is 19.1. The van der Waals surface area contributed by atoms with Gasteiger partial charge in [0.25, 0.3) is 0 Å². The lowest BCUT2D eigenvalue weighted by Gasteiger charge is -2.49. The van der Waals surface area contributed by atoms with Crippen LogP contribution in [0.3, 0.4) is 0 Å². The van der Waals surface area contributed by atoms with Crippen LogP contribution in [0.2, 0.25) is 0 Å². The lowest BCUT2D eigenvalue weighted by atomic mass is 9.76. The van der Waals surface area contributed by atoms with E-state index in [-0.39, 0.29) is 17.7 Å². The number of ether oxygens (including phenoxy) is 1. The van der Waals surface area contributed by atoms with Crippen LogP contribution in [0.5, 0.6) is 11.6 Å². The highest BCUT2D eigenvalue weighted by Crippen LogP contribution is 2.38. The van der Waals surface area contributed by atoms with Gasteiger partial charge in [0.15, 0.2) is 6.17 Å². The summed E-state index contributed by atoms with van der Waals surface area (Å²) in [5, 5.41) is 18.7. The monoisotopic (exact) mass is 395 g/mol. The summed E-state index contributed by atoms with van der Waals surface area (Å²) < 4.78 is 22.5. The van der Waals surface area contributed by atoms with Gasteiger partial charge in [-0.2, -0.15) is 0 Å². The van der Waals surface area contributed by atoms with Gasteiger partial charge in [-0.15, -0.1) is 10.2 Å². The molecule has 4 atom stereocenters. The normalized spacial score (nSPS) is 26.6. The van der Waals surface area contributed by atoms with Crippen LogP contribution in [-0.2, 0) is 0 Å². The molecule has 1 aromatic carbocycles. The Morgan fingerprint density at radius 1 is 1.17 bits per heavy atom. The van der Waals surface area contributed by atoms with Crippen LogP contribution in [0, 0.1) is 5.92 Å². The summed E-state index contributed by atoms with van der Waals surface area (Å²) in [6.07, 6.45) is 5.49. The van der Waals surface area contributed by atoms with E-state index in [9.17, 15) is 9.50 Å². The smallest absolute Gasteiger partial charge is 0.233 e.